The monoisotopic (exact) mass is 1630 g/mol. The molecule has 0 heterocycles. The van der Waals surface area contributed by atoms with Crippen LogP contribution in [-0.2, 0) is 0 Å². The number of fused-ring (bicyclic) bond motifs is 72. The first kappa shape index (κ1) is 79.7. The van der Waals surface area contributed by atoms with Gasteiger partial charge in [-0.05, 0) is 478 Å². The van der Waals surface area contributed by atoms with Crippen LogP contribution in [0, 0.1) is 349 Å². The highest BCUT2D eigenvalue weighted by atomic mass is 16.3. The molecule has 62 unspecified atom stereocenters. The van der Waals surface area contributed by atoms with Crippen molar-refractivity contribution in [3.8, 4) is 0 Å². The molecule has 8 N–H and O–H groups in total. The van der Waals surface area contributed by atoms with Gasteiger partial charge in [-0.3, -0.25) is 0 Å². The highest BCUT2D eigenvalue weighted by Crippen LogP contribution is 2.76. The molecule has 32 aliphatic carbocycles. The molecule has 0 aromatic carbocycles. The van der Waals surface area contributed by atoms with E-state index >= 15 is 0 Å². The van der Waals surface area contributed by atoms with E-state index in [9.17, 15) is 40.9 Å². The summed E-state index contributed by atoms with van der Waals surface area (Å²) >= 11 is 0. The minimum Gasteiger partial charge on any atom is -0.396 e. The summed E-state index contributed by atoms with van der Waals surface area (Å²) in [4.78, 5) is 0. The van der Waals surface area contributed by atoms with Crippen LogP contribution in [0.15, 0.2) is 97.2 Å². The molecule has 0 radical (unpaired) electrons. The summed E-state index contributed by atoms with van der Waals surface area (Å²) in [7, 11) is 0. The van der Waals surface area contributed by atoms with Gasteiger partial charge in [0.2, 0.25) is 0 Å². The number of hydrogen-bond acceptors (Lipinski definition) is 8. The maximum Gasteiger partial charge on any atom is 0.0602 e. The van der Waals surface area contributed by atoms with E-state index in [0.717, 1.165) is 321 Å². The average molecular weight is 1630 g/mol. The molecule has 24 saturated carbocycles. The lowest BCUT2D eigenvalue weighted by atomic mass is 9.63. The Morgan fingerprint density at radius 2 is 0.475 bits per heavy atom. The SMILES string of the molecule is CC1C(CCO)C2CC1C1C3C=CC(C3)C21.CC1C(CO)C2CC1C1C3C=CC(C3)C21.CC1C(O)C2CC1C1C3C=CC(C3)C21.CCC1C(CCO)C2CC1C1C3C=CC(C3)C21.CCC1C(CO)C2CC1C1C3C=CC(C3)C21.CCC1C(O)C2CC1C1C3C=CC(C3)C21.OC1CC2CC1C1C3C=CC(C3)C21.OCC1CC2CC1C1C3C=CC(C3)C21. The quantitative estimate of drug-likeness (QED) is 0.0792. The van der Waals surface area contributed by atoms with E-state index in [1.165, 1.54) is 128 Å². The number of aliphatic hydroxyl groups excluding tert-OH is 8. The minimum absolute atomic E-state index is 0.0222. The van der Waals surface area contributed by atoms with Gasteiger partial charge < -0.3 is 40.9 Å². The van der Waals surface area contributed by atoms with E-state index in [-0.39, 0.29) is 18.3 Å². The molecule has 8 heteroatoms. The van der Waals surface area contributed by atoms with Gasteiger partial charge in [0.25, 0.3) is 0 Å². The van der Waals surface area contributed by atoms with Crippen LogP contribution in [0.4, 0.5) is 0 Å². The van der Waals surface area contributed by atoms with Gasteiger partial charge in [-0.2, -0.15) is 0 Å². The average Bonchev–Trinajstić information content (AvgIpc) is 1.62. The summed E-state index contributed by atoms with van der Waals surface area (Å²) in [6.07, 6.45) is 71.0. The van der Waals surface area contributed by atoms with Crippen molar-refractivity contribution in [1.29, 1.82) is 0 Å². The van der Waals surface area contributed by atoms with Crippen molar-refractivity contribution in [1.82, 2.24) is 0 Å². The second-order valence-electron chi connectivity index (χ2n) is 50.3. The second kappa shape index (κ2) is 30.1. The van der Waals surface area contributed by atoms with Crippen LogP contribution >= 0.6 is 0 Å². The molecule has 120 heavy (non-hydrogen) atoms. The van der Waals surface area contributed by atoms with Crippen LogP contribution in [0.3, 0.4) is 0 Å². The van der Waals surface area contributed by atoms with Crippen LogP contribution in [0.25, 0.3) is 0 Å². The van der Waals surface area contributed by atoms with Crippen molar-refractivity contribution in [3.63, 3.8) is 0 Å². The lowest BCUT2D eigenvalue weighted by Crippen LogP contribution is -2.39. The lowest BCUT2D eigenvalue weighted by Gasteiger charge is -2.41. The fourth-order valence-corrected chi connectivity index (χ4v) is 45.8. The van der Waals surface area contributed by atoms with Crippen molar-refractivity contribution < 1.29 is 40.9 Å². The summed E-state index contributed by atoms with van der Waals surface area (Å²) in [6, 6.07) is 0. The highest BCUT2D eigenvalue weighted by Gasteiger charge is 2.71. The third kappa shape index (κ3) is 11.2. The largest absolute Gasteiger partial charge is 0.396 e. The first-order valence-corrected chi connectivity index (χ1v) is 53.2. The fourth-order valence-electron chi connectivity index (χ4n) is 45.8. The van der Waals surface area contributed by atoms with E-state index < -0.39 is 0 Å². The summed E-state index contributed by atoms with van der Waals surface area (Å²) in [5, 5.41) is 77.4. The molecule has 32 bridgehead atoms. The van der Waals surface area contributed by atoms with Crippen molar-refractivity contribution in [2.75, 3.05) is 33.0 Å². The van der Waals surface area contributed by atoms with Gasteiger partial charge in [-0.15, -0.1) is 0 Å². The van der Waals surface area contributed by atoms with Gasteiger partial charge in [0.1, 0.15) is 0 Å². The van der Waals surface area contributed by atoms with Gasteiger partial charge >= 0.3 is 0 Å². The van der Waals surface area contributed by atoms with E-state index in [4.69, 9.17) is 0 Å². The summed E-state index contributed by atoms with van der Waals surface area (Å²) in [6.45, 7) is 16.2. The van der Waals surface area contributed by atoms with Gasteiger partial charge in [-0.25, -0.2) is 0 Å². The van der Waals surface area contributed by atoms with Crippen molar-refractivity contribution in [2.45, 2.75) is 208 Å². The van der Waals surface area contributed by atoms with Crippen LogP contribution < -0.4 is 0 Å². The lowest BCUT2D eigenvalue weighted by molar-refractivity contribution is -0.00222. The standard InChI is InChI=1S/C16H24O.2C15H22O.2C14H20O.2C13H18O.C12H16O/c1-2-11-12(5-6-17)14-8-13(11)15-9-3-4-10(7-9)16(14)15;1-8-11(4-5-16)13-7-12(8)14-9-2-3-10(6-9)15(13)14;1-2-10-11-6-12(13(10)7-16)15-9-4-3-8(5-9)14(11)15;1-7-10-5-11(12(7)6-15)14-9-3-2-8(4-9)13(10)14;1-2-9-10-6-11(14(9)15)13-8-4-3-7(5-8)12(10)13;1-6-9-5-10(13(6)14)12-8-3-2-7(4-8)11(9)12;14-6-10-4-9-5-11(10)13-8-2-1-7(3-8)12(9)13;13-10-5-8-4-9(10)12-7-2-1-6(3-7)11(8)12/h3-4,9-17H,2,5-8H2,1H3;2-3,8-16H,4-7H2,1H3;3-4,8-16H,2,5-7H2,1H3;2-3,7-15H,4-6H2,1H3;3-4,7-15H,2,5-6H2,1H3;2-3,6-14H,4-5H2,1H3;1-2,7-14H,3-6H2;1-2,6-13H,3-5H2. The van der Waals surface area contributed by atoms with Crippen molar-refractivity contribution >= 4 is 0 Å². The third-order valence-electron chi connectivity index (χ3n) is 48.5. The van der Waals surface area contributed by atoms with Crippen LogP contribution in [-0.4, -0.2) is 92.2 Å². The van der Waals surface area contributed by atoms with Gasteiger partial charge in [0.15, 0.2) is 0 Å². The van der Waals surface area contributed by atoms with Crippen LogP contribution in [0.2, 0.25) is 0 Å². The van der Waals surface area contributed by atoms with E-state index in [1.54, 1.807) is 0 Å². The molecule has 24 fully saturated rings. The van der Waals surface area contributed by atoms with Crippen LogP contribution in [0.1, 0.15) is 189 Å². The maximum atomic E-state index is 10.3. The van der Waals surface area contributed by atoms with E-state index in [2.05, 4.69) is 139 Å². The minimum atomic E-state index is 0.0222. The topological polar surface area (TPSA) is 162 Å². The Labute approximate surface area is 723 Å². The molecule has 32 rings (SSSR count). The highest BCUT2D eigenvalue weighted by molar-refractivity contribution is 5.30. The van der Waals surface area contributed by atoms with Crippen molar-refractivity contribution in [3.05, 3.63) is 97.2 Å². The molecule has 0 aromatic heterocycles. The molecular formula is C112H160O8. The summed E-state index contributed by atoms with van der Waals surface area (Å²) in [5.74, 6) is 52.0. The van der Waals surface area contributed by atoms with Crippen LogP contribution in [0.5, 0.6) is 0 Å². The Balaban J connectivity index is 0.0000000760. The molecule has 0 saturated heterocycles. The van der Waals surface area contributed by atoms with Gasteiger partial charge in [0.05, 0.1) is 18.3 Å². The first-order valence-electron chi connectivity index (χ1n) is 53.2. The Bertz CT molecular complexity index is 3940. The predicted molar refractivity (Wildman–Crippen MR) is 473 cm³/mol. The molecule has 32 aliphatic rings. The number of allylic oxidation sites excluding steroid dienone is 16. The van der Waals surface area contributed by atoms with Gasteiger partial charge in [-0.1, -0.05) is 158 Å². The zero-order chi connectivity index (χ0) is 80.9. The Morgan fingerprint density at radius 1 is 0.208 bits per heavy atom. The summed E-state index contributed by atoms with van der Waals surface area (Å²) < 4.78 is 0. The maximum absolute atomic E-state index is 10.3. The number of aliphatic hydroxyl groups is 8. The molecular weight excluding hydrogens is 1470 g/mol. The molecule has 62 atom stereocenters. The van der Waals surface area contributed by atoms with E-state index in [1.807, 2.05) is 0 Å². The zero-order valence-corrected chi connectivity index (χ0v) is 74.4. The Morgan fingerprint density at radius 3 is 0.875 bits per heavy atom. The summed E-state index contributed by atoms with van der Waals surface area (Å²) in [5.41, 5.74) is 0. The Hall–Kier alpha value is -2.40. The molecule has 656 valence electrons. The van der Waals surface area contributed by atoms with Gasteiger partial charge in [0, 0.05) is 33.0 Å². The first-order chi connectivity index (χ1) is 58.6. The molecule has 0 aliphatic heterocycles. The fraction of sp³-hybridized carbons (Fsp3) is 0.857. The molecule has 0 amide bonds. The van der Waals surface area contributed by atoms with E-state index in [0.29, 0.717) is 80.4 Å². The number of rotatable bonds is 10. The molecule has 0 aromatic rings. The predicted octanol–water partition coefficient (Wildman–Crippen LogP) is 19.3. The number of hydrogen-bond donors (Lipinski definition) is 8. The normalized spacial score (nSPS) is 62.9. The second-order valence-corrected chi connectivity index (χ2v) is 50.3. The molecule has 8 nitrogen and oxygen atoms in total. The van der Waals surface area contributed by atoms with Crippen molar-refractivity contribution in [2.24, 2.45) is 349 Å². The molecule has 0 spiro atoms. The zero-order valence-electron chi connectivity index (χ0n) is 74.4. The Kier molecular flexibility index (Phi) is 20.0. The smallest absolute Gasteiger partial charge is 0.0602 e. The third-order valence-corrected chi connectivity index (χ3v) is 48.5.